The maximum atomic E-state index is 14.0. The average molecular weight is 656 g/mol. The molecule has 3 aliphatic rings. The molecule has 2 fully saturated rings. The Balaban J connectivity index is 1.65. The Hall–Kier alpha value is -1.51. The van der Waals surface area contributed by atoms with Crippen LogP contribution in [0.25, 0.3) is 0 Å². The van der Waals surface area contributed by atoms with Crippen LogP contribution in [0, 0.1) is 11.8 Å². The monoisotopic (exact) mass is 652 g/mol. The fourth-order valence-corrected chi connectivity index (χ4v) is 8.49. The number of rotatable bonds is 5. The van der Waals surface area contributed by atoms with Gasteiger partial charge in [0.15, 0.2) is 10.1 Å². The Morgan fingerprint density at radius 1 is 0.816 bits per heavy atom. The van der Waals surface area contributed by atoms with Crippen molar-refractivity contribution in [1.82, 2.24) is 10.0 Å². The number of nitrogens with zero attached hydrogens (tertiary/aromatic N) is 2. The van der Waals surface area contributed by atoms with Gasteiger partial charge in [-0.25, -0.2) is 5.01 Å². The van der Waals surface area contributed by atoms with Gasteiger partial charge >= 0.3 is 0 Å². The molecule has 3 amide bonds. The fourth-order valence-electron chi connectivity index (χ4n) is 5.35. The molecule has 38 heavy (non-hydrogen) atoms. The average Bonchev–Trinajstić information content (AvgIpc) is 3.28. The molecule has 1 aliphatic heterocycles. The Morgan fingerprint density at radius 3 is 1.79 bits per heavy atom. The van der Waals surface area contributed by atoms with Crippen molar-refractivity contribution in [1.29, 1.82) is 0 Å². The molecule has 0 radical (unpaired) electrons. The second-order valence-corrected chi connectivity index (χ2v) is 12.8. The number of carbonyl (C=O) groups excluding carboxylic acids is 4. The predicted molar refractivity (Wildman–Crippen MR) is 147 cm³/mol. The first-order valence-electron chi connectivity index (χ1n) is 11.1. The van der Waals surface area contributed by atoms with Crippen LogP contribution in [0.3, 0.4) is 0 Å². The van der Waals surface area contributed by atoms with Crippen molar-refractivity contribution in [2.45, 2.75) is 27.0 Å². The van der Waals surface area contributed by atoms with Crippen molar-refractivity contribution in [3.63, 3.8) is 0 Å². The van der Waals surface area contributed by atoms with E-state index in [9.17, 15) is 19.2 Å². The maximum absolute atomic E-state index is 14.0. The summed E-state index contributed by atoms with van der Waals surface area (Å²) in [5, 5.41) is 0.802. The third-order valence-electron chi connectivity index (χ3n) is 7.22. The zero-order chi connectivity index (χ0) is 27.9. The number of hydrogen-bond acceptors (Lipinski definition) is 4. The molecule has 0 spiro atoms. The molecule has 198 valence electrons. The van der Waals surface area contributed by atoms with Gasteiger partial charge in [-0.1, -0.05) is 100 Å². The molecule has 2 aromatic rings. The number of benzene rings is 2. The highest BCUT2D eigenvalue weighted by atomic mass is 35.5. The highest BCUT2D eigenvalue weighted by molar-refractivity contribution is 6.66. The molecule has 2 bridgehead atoms. The van der Waals surface area contributed by atoms with Crippen molar-refractivity contribution in [3.8, 4) is 0 Å². The molecule has 2 aliphatic carbocycles. The van der Waals surface area contributed by atoms with Crippen LogP contribution in [0.4, 0.5) is 0 Å². The zero-order valence-corrected chi connectivity index (χ0v) is 24.4. The molecule has 5 atom stereocenters. The zero-order valence-electron chi connectivity index (χ0n) is 19.1. The van der Waals surface area contributed by atoms with Gasteiger partial charge in [0.05, 0.1) is 32.5 Å². The minimum atomic E-state index is -2.15. The van der Waals surface area contributed by atoms with Crippen LogP contribution in [0.5, 0.6) is 0 Å². The number of amides is 3. The van der Waals surface area contributed by atoms with Gasteiger partial charge in [0.25, 0.3) is 17.7 Å². The highest BCUT2D eigenvalue weighted by Crippen LogP contribution is 2.77. The first-order chi connectivity index (χ1) is 17.7. The number of fused-ring (bicyclic) bond motifs is 5. The van der Waals surface area contributed by atoms with Crippen molar-refractivity contribution >= 4 is 105 Å². The van der Waals surface area contributed by atoms with Gasteiger partial charge in [-0.15, -0.1) is 23.2 Å². The van der Waals surface area contributed by atoms with E-state index in [0.29, 0.717) is 5.01 Å². The van der Waals surface area contributed by atoms with E-state index in [1.807, 2.05) is 0 Å². The molecular weight excluding hydrogens is 640 g/mol. The van der Waals surface area contributed by atoms with E-state index < -0.39 is 55.5 Å². The van der Waals surface area contributed by atoms with E-state index in [0.717, 1.165) is 5.01 Å². The maximum Gasteiger partial charge on any atom is 0.275 e. The first-order valence-corrected chi connectivity index (χ1v) is 13.8. The number of allylic oxidation sites excluding steroid dienone is 2. The van der Waals surface area contributed by atoms with Crippen molar-refractivity contribution in [3.05, 3.63) is 80.8 Å². The van der Waals surface area contributed by atoms with E-state index in [-0.39, 0.29) is 26.2 Å². The number of hydrazine groups is 1. The molecule has 0 N–H and O–H groups in total. The number of hydrogen-bond donors (Lipinski definition) is 0. The Kier molecular flexibility index (Phi) is 6.84. The van der Waals surface area contributed by atoms with Gasteiger partial charge < -0.3 is 0 Å². The molecule has 6 nitrogen and oxygen atoms in total. The van der Waals surface area contributed by atoms with Crippen LogP contribution in [-0.4, -0.2) is 53.6 Å². The number of alkyl halides is 4. The quantitative estimate of drug-likeness (QED) is 0.212. The standard InChI is InChI=1S/C25H15Cl7N2O4/c1-11(17(35)12-7-3-2-4-8-12)33(20(36)13-9-5-6-10-14(13)26)34-21(37)15-16(22(34)38)24(30)19(28)18(27)23(15,29)25(24,31)32/h2-11,15-16H,1H3/t11-,15-,16-,23-,24-/m1/s1. The fraction of sp³-hybridized carbons (Fsp3) is 0.280. The molecule has 5 rings (SSSR count). The van der Waals surface area contributed by atoms with Crippen LogP contribution in [-0.2, 0) is 9.59 Å². The number of carbonyl (C=O) groups is 4. The molecule has 0 aromatic heterocycles. The van der Waals surface area contributed by atoms with Crippen LogP contribution in [0.15, 0.2) is 64.7 Å². The normalized spacial score (nSPS) is 30.1. The number of ketones is 1. The number of halogens is 7. The summed E-state index contributed by atoms with van der Waals surface area (Å²) in [7, 11) is 0. The van der Waals surface area contributed by atoms with Crippen LogP contribution in [0.2, 0.25) is 5.02 Å². The summed E-state index contributed by atoms with van der Waals surface area (Å²) in [6, 6.07) is 12.7. The lowest BCUT2D eigenvalue weighted by Gasteiger charge is -2.38. The van der Waals surface area contributed by atoms with Gasteiger partial charge in [-0.3, -0.25) is 19.2 Å². The van der Waals surface area contributed by atoms with Gasteiger partial charge in [0.1, 0.15) is 15.8 Å². The van der Waals surface area contributed by atoms with E-state index in [1.54, 1.807) is 42.5 Å². The Bertz CT molecular complexity index is 1400. The molecule has 2 aromatic carbocycles. The number of Topliss-reactive ketones (excluding diaryl/α,β-unsaturated/α-hetero) is 1. The summed E-state index contributed by atoms with van der Waals surface area (Å²) in [4.78, 5) is 51.2. The van der Waals surface area contributed by atoms with Crippen molar-refractivity contribution in [2.75, 3.05) is 0 Å². The van der Waals surface area contributed by atoms with Crippen molar-refractivity contribution in [2.24, 2.45) is 11.8 Å². The summed E-state index contributed by atoms with van der Waals surface area (Å²) in [5.74, 6) is -6.36. The van der Waals surface area contributed by atoms with Gasteiger partial charge in [0.2, 0.25) is 0 Å². The largest absolute Gasteiger partial charge is 0.292 e. The van der Waals surface area contributed by atoms with Gasteiger partial charge in [-0.2, -0.15) is 5.01 Å². The van der Waals surface area contributed by atoms with E-state index >= 15 is 0 Å². The van der Waals surface area contributed by atoms with Crippen LogP contribution < -0.4 is 0 Å². The van der Waals surface area contributed by atoms with E-state index in [2.05, 4.69) is 0 Å². The summed E-state index contributed by atoms with van der Waals surface area (Å²) in [6.07, 6.45) is 0. The topological polar surface area (TPSA) is 74.8 Å². The van der Waals surface area contributed by atoms with E-state index in [1.165, 1.54) is 19.1 Å². The summed E-state index contributed by atoms with van der Waals surface area (Å²) in [5.41, 5.74) is 0.189. The predicted octanol–water partition coefficient (Wildman–Crippen LogP) is 6.42. The SMILES string of the molecule is C[C@H](C(=O)c1ccccc1)N(C(=O)c1ccccc1Cl)N1C(=O)[C@H]2[C@H](C1=O)[C@@]1(Cl)C(Cl)=C(Cl)[C@@]2(Cl)C1(Cl)Cl. The highest BCUT2D eigenvalue weighted by Gasteiger charge is 2.88. The van der Waals surface area contributed by atoms with Gasteiger partial charge in [0, 0.05) is 5.56 Å². The van der Waals surface area contributed by atoms with Gasteiger partial charge in [-0.05, 0) is 19.1 Å². The van der Waals surface area contributed by atoms with E-state index in [4.69, 9.17) is 81.2 Å². The first kappa shape index (κ1) is 28.0. The second kappa shape index (κ2) is 9.27. The second-order valence-electron chi connectivity index (χ2n) is 9.11. The Morgan fingerprint density at radius 2 is 1.29 bits per heavy atom. The van der Waals surface area contributed by atoms with Crippen molar-refractivity contribution < 1.29 is 19.2 Å². The third kappa shape index (κ3) is 3.35. The lowest BCUT2D eigenvalue weighted by Crippen LogP contribution is -2.59. The smallest absolute Gasteiger partial charge is 0.275 e. The molecule has 0 unspecified atom stereocenters. The molecule has 1 saturated heterocycles. The minimum Gasteiger partial charge on any atom is -0.292 e. The molecular formula is C25H15Cl7N2O4. The van der Waals surface area contributed by atoms with Crippen LogP contribution >= 0.6 is 81.2 Å². The van der Waals surface area contributed by atoms with Crippen LogP contribution in [0.1, 0.15) is 27.6 Å². The lowest BCUT2D eigenvalue weighted by molar-refractivity contribution is -0.157. The molecule has 1 saturated carbocycles. The lowest BCUT2D eigenvalue weighted by atomic mass is 9.84. The summed E-state index contributed by atoms with van der Waals surface area (Å²) >= 11 is 45.7. The molecule has 13 heteroatoms. The minimum absolute atomic E-state index is 0.0390. The summed E-state index contributed by atoms with van der Waals surface area (Å²) in [6.45, 7) is 1.38. The number of imide groups is 1. The summed E-state index contributed by atoms with van der Waals surface area (Å²) < 4.78 is -2.15. The third-order valence-corrected chi connectivity index (χ3v) is 11.8. The molecule has 1 heterocycles. The Labute approximate surface area is 252 Å².